The quantitative estimate of drug-likeness (QED) is 0.612. The largest absolute Gasteiger partial charge is 0.662 e. The van der Waals surface area contributed by atoms with E-state index in [1.807, 2.05) is 9.24 Å². The Morgan fingerprint density at radius 1 is 1.86 bits per heavy atom. The predicted octanol–water partition coefficient (Wildman–Crippen LogP) is 0.322. The summed E-state index contributed by atoms with van der Waals surface area (Å²) in [5.41, 5.74) is 6.40. The first-order valence-electron chi connectivity index (χ1n) is 1.34. The third kappa shape index (κ3) is 6.96. The number of carboxylic acid groups (broad SMARTS) is 1. The molecule has 0 aromatic heterocycles. The zero-order valence-corrected chi connectivity index (χ0v) is 7.58. The van der Waals surface area contributed by atoms with E-state index in [4.69, 9.17) is 10.8 Å². The number of hydrogen-bond acceptors (Lipinski definition) is 1. The predicted molar refractivity (Wildman–Crippen MR) is 25.5 cm³/mol. The minimum atomic E-state index is -1.11. The normalized spacial score (nSPS) is 11.7. The second kappa shape index (κ2) is 5.11. The van der Waals surface area contributed by atoms with E-state index in [1.54, 1.807) is 0 Å². The monoisotopic (exact) mass is 195 g/mol. The summed E-state index contributed by atoms with van der Waals surface area (Å²) in [4.78, 5) is 9.49. The van der Waals surface area contributed by atoms with Gasteiger partial charge in [0.05, 0.1) is 0 Å². The molecule has 7 heavy (non-hydrogen) atoms. The van der Waals surface area contributed by atoms with Crippen LogP contribution in [0.2, 0.25) is 0 Å². The van der Waals surface area contributed by atoms with Gasteiger partial charge in [-0.1, -0.05) is 0 Å². The first kappa shape index (κ1) is 10.9. The van der Waals surface area contributed by atoms with Gasteiger partial charge in [0.1, 0.15) is 0 Å². The number of rotatable bonds is 1. The second-order valence-corrected chi connectivity index (χ2v) is 1.48. The van der Waals surface area contributed by atoms with Gasteiger partial charge in [-0.2, -0.15) is 0 Å². The van der Waals surface area contributed by atoms with Gasteiger partial charge >= 0.3 is 0 Å². The summed E-state index contributed by atoms with van der Waals surface area (Å²) in [6.45, 7) is 0. The van der Waals surface area contributed by atoms with Gasteiger partial charge in [0.2, 0.25) is 0 Å². The molecule has 2 unspecified atom stereocenters. The third-order valence-electron chi connectivity index (χ3n) is 0.266. The van der Waals surface area contributed by atoms with Crippen LogP contribution in [0.4, 0.5) is 0 Å². The van der Waals surface area contributed by atoms with Crippen molar-refractivity contribution in [2.24, 2.45) is 0 Å². The molecule has 0 saturated heterocycles. The van der Waals surface area contributed by atoms with Gasteiger partial charge in [-0.05, 0) is 5.78 Å². The molecule has 0 aromatic carbocycles. The van der Waals surface area contributed by atoms with E-state index in [1.165, 1.54) is 0 Å². The Kier molecular flexibility index (Phi) is 7.92. The van der Waals surface area contributed by atoms with Crippen LogP contribution in [0.3, 0.4) is 0 Å². The number of hydrogen-bond donors (Lipinski definition) is 1. The van der Waals surface area contributed by atoms with Crippen molar-refractivity contribution in [2.75, 3.05) is 0 Å². The maximum Gasteiger partial charge on any atom is 0.289 e. The van der Waals surface area contributed by atoms with E-state index < -0.39 is 11.8 Å². The molecule has 3 nitrogen and oxygen atoms in total. The van der Waals surface area contributed by atoms with Crippen LogP contribution < -0.4 is 0 Å². The van der Waals surface area contributed by atoms with Crippen LogP contribution >= 0.6 is 9.24 Å². The van der Waals surface area contributed by atoms with Crippen molar-refractivity contribution < 1.29 is 42.6 Å². The first-order chi connectivity index (χ1) is 2.64. The van der Waals surface area contributed by atoms with E-state index >= 15 is 0 Å². The molecule has 0 bridgehead atoms. The SMILES string of the molecule is [NH-]C(P)C(=O)O.[Y]. The first-order valence-corrected chi connectivity index (χ1v) is 2.01. The van der Waals surface area contributed by atoms with Crippen molar-refractivity contribution >= 4 is 15.2 Å². The average molecular weight is 195 g/mol. The Hall–Kier alpha value is 0.964. The van der Waals surface area contributed by atoms with Crippen LogP contribution in [-0.2, 0) is 37.5 Å². The van der Waals surface area contributed by atoms with Crippen molar-refractivity contribution in [3.8, 4) is 0 Å². The smallest absolute Gasteiger partial charge is 0.289 e. The fourth-order valence-electron chi connectivity index (χ4n) is 0. The fourth-order valence-corrected chi connectivity index (χ4v) is 0. The van der Waals surface area contributed by atoms with E-state index in [0.29, 0.717) is 0 Å². The Bertz CT molecular complexity index is 66.7. The molecule has 0 aromatic rings. The number of carboxylic acids is 1. The Morgan fingerprint density at radius 3 is 2.00 bits per heavy atom. The third-order valence-corrected chi connectivity index (χ3v) is 0.551. The summed E-state index contributed by atoms with van der Waals surface area (Å²) in [5, 5.41) is 7.78. The second-order valence-electron chi connectivity index (χ2n) is 0.816. The molecule has 1 radical (unpaired) electrons. The molecule has 0 amide bonds. The zero-order chi connectivity index (χ0) is 5.15. The summed E-state index contributed by atoms with van der Waals surface area (Å²) >= 11 is 0. The van der Waals surface area contributed by atoms with Gasteiger partial charge in [0.15, 0.2) is 0 Å². The molecular formula is C2H5NO2PY-. The van der Waals surface area contributed by atoms with Crippen LogP contribution in [0.25, 0.3) is 5.73 Å². The van der Waals surface area contributed by atoms with Crippen LogP contribution in [-0.4, -0.2) is 16.9 Å². The van der Waals surface area contributed by atoms with Crippen molar-refractivity contribution in [3.63, 3.8) is 0 Å². The van der Waals surface area contributed by atoms with Gasteiger partial charge in [-0.25, -0.2) is 0 Å². The fraction of sp³-hybridized carbons (Fsp3) is 0.500. The van der Waals surface area contributed by atoms with Gasteiger partial charge in [0, 0.05) is 32.7 Å². The summed E-state index contributed by atoms with van der Waals surface area (Å²) < 4.78 is 0. The molecule has 0 saturated carbocycles. The van der Waals surface area contributed by atoms with E-state index in [9.17, 15) is 4.79 Å². The number of aliphatic carboxylic acids is 1. The van der Waals surface area contributed by atoms with Crippen LogP contribution in [0.15, 0.2) is 0 Å². The van der Waals surface area contributed by atoms with Crippen LogP contribution in [0.5, 0.6) is 0 Å². The standard InChI is InChI=1S/C2H5NO2P.Y/c3-1(6)2(4)5;/h1,3H,6H2,(H,4,5);/q-1;. The van der Waals surface area contributed by atoms with Gasteiger partial charge in [0.25, 0.3) is 5.97 Å². The summed E-state index contributed by atoms with van der Waals surface area (Å²) in [6, 6.07) is 0. The molecular weight excluding hydrogens is 190 g/mol. The summed E-state index contributed by atoms with van der Waals surface area (Å²) in [5.74, 6) is -2.18. The molecule has 5 heteroatoms. The summed E-state index contributed by atoms with van der Waals surface area (Å²) in [7, 11) is 1.84. The van der Waals surface area contributed by atoms with E-state index in [2.05, 4.69) is 0 Å². The van der Waals surface area contributed by atoms with Crippen molar-refractivity contribution in [1.82, 2.24) is 0 Å². The van der Waals surface area contributed by atoms with Crippen LogP contribution in [0.1, 0.15) is 0 Å². The maximum absolute atomic E-state index is 9.49. The van der Waals surface area contributed by atoms with Crippen molar-refractivity contribution in [1.29, 1.82) is 0 Å². The molecule has 2 atom stereocenters. The molecule has 0 aliphatic carbocycles. The number of nitrogens with one attached hydrogen (secondary N) is 1. The van der Waals surface area contributed by atoms with Crippen molar-refractivity contribution in [3.05, 3.63) is 5.73 Å². The molecule has 2 N–H and O–H groups in total. The minimum Gasteiger partial charge on any atom is -0.662 e. The average Bonchev–Trinajstić information content (AvgIpc) is 1.36. The molecule has 39 valence electrons. The minimum absolute atomic E-state index is 0. The Labute approximate surface area is 69.1 Å². The molecule has 0 fully saturated rings. The van der Waals surface area contributed by atoms with Gasteiger partial charge < -0.3 is 10.8 Å². The molecule has 0 aliphatic rings. The number of carbonyl (C=O) groups is 1. The van der Waals surface area contributed by atoms with Crippen molar-refractivity contribution in [2.45, 2.75) is 5.78 Å². The van der Waals surface area contributed by atoms with Gasteiger partial charge in [-0.3, -0.25) is 4.79 Å². The topological polar surface area (TPSA) is 61.1 Å². The molecule has 0 rings (SSSR count). The Morgan fingerprint density at radius 2 is 2.00 bits per heavy atom. The van der Waals surface area contributed by atoms with Gasteiger partial charge in [-0.15, -0.1) is 9.24 Å². The molecule has 0 heterocycles. The summed E-state index contributed by atoms with van der Waals surface area (Å²) in [6.07, 6.45) is 0. The zero-order valence-electron chi connectivity index (χ0n) is 3.59. The van der Waals surface area contributed by atoms with E-state index in [0.717, 1.165) is 0 Å². The van der Waals surface area contributed by atoms with Crippen LogP contribution in [0, 0.1) is 0 Å². The van der Waals surface area contributed by atoms with E-state index in [-0.39, 0.29) is 32.7 Å². The molecule has 0 spiro atoms. The Balaban J connectivity index is 0. The molecule has 0 aliphatic heterocycles. The maximum atomic E-state index is 9.49.